The molecule has 2 aliphatic carbocycles. The number of rotatable bonds is 4. The number of hydrogen-bond acceptors (Lipinski definition) is 0. The van der Waals surface area contributed by atoms with E-state index in [0.717, 1.165) is 0 Å². The largest absolute Gasteiger partial charge is 2.00 e. The normalized spacial score (nSPS) is 19.3. The average Bonchev–Trinajstić information content (AvgIpc) is 3.77. The van der Waals surface area contributed by atoms with Gasteiger partial charge in [-0.2, -0.15) is 46.6 Å². The fourth-order valence-corrected chi connectivity index (χ4v) is 17.0. The van der Waals surface area contributed by atoms with Crippen molar-refractivity contribution in [2.24, 2.45) is 10.8 Å². The Bertz CT molecular complexity index is 1800. The monoisotopic (exact) mass is 946 g/mol. The molecule has 0 unspecified atom stereocenters. The zero-order chi connectivity index (χ0) is 36.5. The molecule has 0 saturated carbocycles. The molecular weight excluding hydrogens is 886 g/mol. The maximum atomic E-state index is 3.44. The van der Waals surface area contributed by atoms with Gasteiger partial charge >= 0.3 is 52.4 Å². The predicted molar refractivity (Wildman–Crippen MR) is 228 cm³/mol. The van der Waals surface area contributed by atoms with Crippen molar-refractivity contribution in [3.05, 3.63) is 118 Å². The number of benzene rings is 2. The molecule has 0 atom stereocenters. The topological polar surface area (TPSA) is 0 Å². The van der Waals surface area contributed by atoms with E-state index in [2.05, 4.69) is 168 Å². The van der Waals surface area contributed by atoms with Crippen LogP contribution in [0.25, 0.3) is 21.5 Å². The molecule has 0 nitrogen and oxygen atoms in total. The summed E-state index contributed by atoms with van der Waals surface area (Å²) in [5, 5.41) is 9.47. The molecule has 0 amide bonds. The van der Waals surface area contributed by atoms with E-state index in [-0.39, 0.29) is 88.1 Å². The Hall–Kier alpha value is -0.600. The number of fused-ring (bicyclic) bond motifs is 2. The van der Waals surface area contributed by atoms with Gasteiger partial charge in [0.2, 0.25) is 0 Å². The van der Waals surface area contributed by atoms with Gasteiger partial charge in [0.05, 0.1) is 0 Å². The van der Waals surface area contributed by atoms with Gasteiger partial charge in [-0.3, -0.25) is 12.2 Å². The Balaban J connectivity index is 0.000000358. The first-order valence-corrected chi connectivity index (χ1v) is 24.8. The summed E-state index contributed by atoms with van der Waals surface area (Å²) in [4.78, 5) is 0. The molecule has 2 fully saturated rings. The standard InChI is InChI=1S/2C14H17Si.2C10H15.2ClH.2Zr/c2*1-2-15(10-5-11-15)14-9-8-12-6-3-4-7-13(12)14;2*1-7-6-10(4,5)9(3)8(7)2;;;;/h2*3-4,6-9H,2,5,10-11H2,1H3;2*1-5H3;2*1H;;/q4*-1;;;2*+2/p-2. The zero-order valence-corrected chi connectivity index (χ0v) is 43.8. The van der Waals surface area contributed by atoms with E-state index < -0.39 is 16.1 Å². The third kappa shape index (κ3) is 10.5. The van der Waals surface area contributed by atoms with Gasteiger partial charge < -0.3 is 24.8 Å². The van der Waals surface area contributed by atoms with E-state index in [1.54, 1.807) is 21.1 Å². The SMILES string of the molecule is CC1=[C-]C(C)(C)C(C)=C1C.CC1=[C-]C(C)(C)C(C)=C1C.CC[Si]1([c-]2ccc3ccccc32)CCC1.CC[Si]1([c-]2ccc3ccccc32)CCC1.[Cl-].[Cl-].[Zr+2].[Zr+2]. The summed E-state index contributed by atoms with van der Waals surface area (Å²) in [5.74, 6) is 0. The molecule has 4 aliphatic rings. The van der Waals surface area contributed by atoms with Crippen LogP contribution in [0.1, 0.15) is 95.9 Å². The molecule has 288 valence electrons. The van der Waals surface area contributed by atoms with Crippen molar-refractivity contribution in [1.82, 2.24) is 0 Å². The minimum Gasteiger partial charge on any atom is -1.00 e. The summed E-state index contributed by atoms with van der Waals surface area (Å²) in [7, 11) is -2.01. The number of hydrogen-bond donors (Lipinski definition) is 0. The maximum absolute atomic E-state index is 3.44. The van der Waals surface area contributed by atoms with Gasteiger partial charge in [-0.25, -0.2) is 11.1 Å². The van der Waals surface area contributed by atoms with Crippen molar-refractivity contribution < 1.29 is 77.2 Å². The number of allylic oxidation sites excluding steroid dienone is 8. The molecule has 4 aromatic carbocycles. The third-order valence-electron chi connectivity index (χ3n) is 13.6. The van der Waals surface area contributed by atoms with Crippen molar-refractivity contribution in [1.29, 1.82) is 0 Å². The van der Waals surface area contributed by atoms with Crippen molar-refractivity contribution in [2.45, 2.75) is 132 Å². The van der Waals surface area contributed by atoms with Crippen LogP contribution in [0.2, 0.25) is 36.3 Å². The molecule has 8 rings (SSSR count). The summed E-state index contributed by atoms with van der Waals surface area (Å²) in [6, 6.07) is 36.2. The fourth-order valence-electron chi connectivity index (χ4n) is 8.87. The van der Waals surface area contributed by atoms with E-state index in [4.69, 9.17) is 0 Å². The predicted octanol–water partition coefficient (Wildman–Crippen LogP) is 7.50. The van der Waals surface area contributed by atoms with Crippen molar-refractivity contribution >= 4 is 48.1 Å². The van der Waals surface area contributed by atoms with Crippen LogP contribution in [0, 0.1) is 23.0 Å². The quantitative estimate of drug-likeness (QED) is 0.147. The van der Waals surface area contributed by atoms with E-state index in [9.17, 15) is 0 Å². The van der Waals surface area contributed by atoms with Gasteiger partial charge in [0.15, 0.2) is 0 Å². The smallest absolute Gasteiger partial charge is 1.00 e. The molecule has 0 spiro atoms. The van der Waals surface area contributed by atoms with Gasteiger partial charge in [-0.05, 0) is 0 Å². The van der Waals surface area contributed by atoms with Crippen LogP contribution in [0.5, 0.6) is 0 Å². The van der Waals surface area contributed by atoms with Gasteiger partial charge in [0.1, 0.15) is 0 Å². The zero-order valence-electron chi connectivity index (χ0n) is 35.3. The van der Waals surface area contributed by atoms with Crippen LogP contribution in [-0.2, 0) is 52.4 Å². The first-order valence-electron chi connectivity index (χ1n) is 19.5. The summed E-state index contributed by atoms with van der Waals surface area (Å²) in [6.45, 7) is 26.6. The minimum atomic E-state index is -1.01. The van der Waals surface area contributed by atoms with Gasteiger partial charge in [-0.15, -0.1) is 82.2 Å². The Morgan fingerprint density at radius 2 is 0.852 bits per heavy atom. The second kappa shape index (κ2) is 20.9. The van der Waals surface area contributed by atoms with Crippen LogP contribution in [0.15, 0.2) is 106 Å². The Morgan fingerprint density at radius 1 is 0.537 bits per heavy atom. The minimum absolute atomic E-state index is 0. The summed E-state index contributed by atoms with van der Waals surface area (Å²) < 4.78 is 0. The molecule has 0 bridgehead atoms. The Labute approximate surface area is 383 Å². The van der Waals surface area contributed by atoms with Crippen LogP contribution in [0.3, 0.4) is 0 Å². The molecule has 0 radical (unpaired) electrons. The van der Waals surface area contributed by atoms with Crippen LogP contribution in [0.4, 0.5) is 0 Å². The van der Waals surface area contributed by atoms with Gasteiger partial charge in [-0.1, -0.05) is 141 Å². The first kappa shape index (κ1) is 51.4. The Kier molecular flexibility index (Phi) is 19.9. The summed E-state index contributed by atoms with van der Waals surface area (Å²) in [6.07, 6.45) is 9.81. The molecule has 54 heavy (non-hydrogen) atoms. The van der Waals surface area contributed by atoms with Crippen LogP contribution >= 0.6 is 0 Å². The van der Waals surface area contributed by atoms with Crippen molar-refractivity contribution in [3.8, 4) is 0 Å². The second-order valence-electron chi connectivity index (χ2n) is 16.9. The van der Waals surface area contributed by atoms with E-state index in [1.807, 2.05) is 0 Å². The van der Waals surface area contributed by atoms with Gasteiger partial charge in [0.25, 0.3) is 0 Å². The van der Waals surface area contributed by atoms with Crippen molar-refractivity contribution in [2.75, 3.05) is 0 Å². The van der Waals surface area contributed by atoms with Crippen LogP contribution < -0.4 is 35.2 Å². The summed E-state index contributed by atoms with van der Waals surface area (Å²) >= 11 is 0. The first-order chi connectivity index (χ1) is 23.6. The van der Waals surface area contributed by atoms with Crippen LogP contribution in [-0.4, -0.2) is 16.1 Å². The van der Waals surface area contributed by atoms with Gasteiger partial charge in [0, 0.05) is 16.1 Å². The Morgan fingerprint density at radius 3 is 1.06 bits per heavy atom. The molecule has 2 heterocycles. The van der Waals surface area contributed by atoms with E-state index in [1.165, 1.54) is 93.3 Å². The molecule has 2 aliphatic heterocycles. The molecule has 0 N–H and O–H groups in total. The van der Waals surface area contributed by atoms with Crippen molar-refractivity contribution in [3.63, 3.8) is 0 Å². The third-order valence-corrected chi connectivity index (χ3v) is 24.7. The maximum Gasteiger partial charge on any atom is 2.00 e. The second-order valence-corrected chi connectivity index (χ2v) is 26.5. The summed E-state index contributed by atoms with van der Waals surface area (Å²) in [5.41, 5.74) is 8.79. The number of halogens is 2. The molecular formula is C48H64Cl2Si2Zr2-2. The molecule has 0 aromatic heterocycles. The molecule has 2 saturated heterocycles. The van der Waals surface area contributed by atoms with E-state index in [0.29, 0.717) is 0 Å². The molecule has 6 heteroatoms. The fraction of sp³-hybridized carbons (Fsp3) is 0.458. The molecule has 4 aromatic rings. The van der Waals surface area contributed by atoms with E-state index >= 15 is 0 Å². The average molecular weight is 951 g/mol.